The minimum atomic E-state index is -0.800. The Morgan fingerprint density at radius 2 is 2.04 bits per heavy atom. The molecule has 2 rings (SSSR count). The molecule has 6 nitrogen and oxygen atoms in total. The highest BCUT2D eigenvalue weighted by Gasteiger charge is 2.24. The number of benzene rings is 1. The third-order valence-electron chi connectivity index (χ3n) is 3.93. The maximum Gasteiger partial charge on any atom is 0.223 e. The molecular weight excluding hydrogens is 376 g/mol. The number of carbonyl (C=O) groups is 2. The molecule has 0 aromatic heterocycles. The Kier molecular flexibility index (Phi) is 7.52. The van der Waals surface area contributed by atoms with Gasteiger partial charge in [0.25, 0.3) is 0 Å². The van der Waals surface area contributed by atoms with E-state index < -0.39 is 6.10 Å². The van der Waals surface area contributed by atoms with E-state index in [1.165, 1.54) is 0 Å². The fourth-order valence-electron chi connectivity index (χ4n) is 2.24. The predicted molar refractivity (Wildman–Crippen MR) is 93.6 cm³/mol. The minimum Gasteiger partial charge on any atom is -0.490 e. The summed E-state index contributed by atoms with van der Waals surface area (Å²) in [6.45, 7) is 0.520. The Balaban J connectivity index is 1.55. The fourth-order valence-corrected chi connectivity index (χ4v) is 2.64. The highest BCUT2D eigenvalue weighted by atomic mass is 79.9. The lowest BCUT2D eigenvalue weighted by Crippen LogP contribution is -2.39. The summed E-state index contributed by atoms with van der Waals surface area (Å²) in [5, 5.41) is 15.2. The number of aliphatic hydroxyl groups is 1. The monoisotopic (exact) mass is 398 g/mol. The fraction of sp³-hybridized carbons (Fsp3) is 0.529. The van der Waals surface area contributed by atoms with Gasteiger partial charge in [0, 0.05) is 25.4 Å². The molecule has 1 fully saturated rings. The van der Waals surface area contributed by atoms with Crippen molar-refractivity contribution in [1.82, 2.24) is 10.6 Å². The second-order valence-electron chi connectivity index (χ2n) is 5.87. The van der Waals surface area contributed by atoms with Crippen molar-refractivity contribution >= 4 is 27.7 Å². The molecule has 0 spiro atoms. The molecule has 1 aromatic rings. The van der Waals surface area contributed by atoms with Crippen molar-refractivity contribution in [3.63, 3.8) is 0 Å². The van der Waals surface area contributed by atoms with Gasteiger partial charge in [0.15, 0.2) is 0 Å². The van der Waals surface area contributed by atoms with Gasteiger partial charge >= 0.3 is 0 Å². The van der Waals surface area contributed by atoms with Crippen molar-refractivity contribution < 1.29 is 19.4 Å². The number of hydrogen-bond donors (Lipinski definition) is 3. The quantitative estimate of drug-likeness (QED) is 0.589. The van der Waals surface area contributed by atoms with Crippen LogP contribution in [0.3, 0.4) is 0 Å². The molecule has 1 saturated carbocycles. The minimum absolute atomic E-state index is 0.0379. The molecule has 0 aliphatic heterocycles. The first kappa shape index (κ1) is 18.7. The van der Waals surface area contributed by atoms with Gasteiger partial charge in [-0.1, -0.05) is 18.6 Å². The molecule has 7 heteroatoms. The Hall–Kier alpha value is -1.60. The van der Waals surface area contributed by atoms with Crippen molar-refractivity contribution in [3.8, 4) is 5.75 Å². The lowest BCUT2D eigenvalue weighted by molar-refractivity contribution is -0.127. The summed E-state index contributed by atoms with van der Waals surface area (Å²) >= 11 is 3.36. The highest BCUT2D eigenvalue weighted by Crippen LogP contribution is 2.26. The molecule has 0 bridgehead atoms. The van der Waals surface area contributed by atoms with Crippen LogP contribution in [-0.4, -0.2) is 42.7 Å². The van der Waals surface area contributed by atoms with Crippen LogP contribution in [0.2, 0.25) is 0 Å². The molecule has 0 radical (unpaired) electrons. The summed E-state index contributed by atoms with van der Waals surface area (Å²) in [5.41, 5.74) is 0. The van der Waals surface area contributed by atoms with Crippen LogP contribution in [0.5, 0.6) is 5.75 Å². The highest BCUT2D eigenvalue weighted by molar-refractivity contribution is 9.10. The van der Waals surface area contributed by atoms with E-state index in [1.807, 2.05) is 18.2 Å². The van der Waals surface area contributed by atoms with Crippen molar-refractivity contribution in [3.05, 3.63) is 28.7 Å². The van der Waals surface area contributed by atoms with Gasteiger partial charge in [-0.3, -0.25) is 9.59 Å². The zero-order chi connectivity index (χ0) is 17.4. The number of rotatable bonds is 9. The van der Waals surface area contributed by atoms with Crippen LogP contribution >= 0.6 is 15.9 Å². The molecule has 1 aliphatic carbocycles. The molecule has 24 heavy (non-hydrogen) atoms. The molecule has 2 amide bonds. The molecule has 0 heterocycles. The maximum absolute atomic E-state index is 11.7. The van der Waals surface area contributed by atoms with E-state index >= 15 is 0 Å². The van der Waals surface area contributed by atoms with Crippen molar-refractivity contribution in [1.29, 1.82) is 0 Å². The van der Waals surface area contributed by atoms with Crippen LogP contribution in [0, 0.1) is 5.92 Å². The molecule has 1 aliphatic rings. The van der Waals surface area contributed by atoms with E-state index in [0.29, 0.717) is 12.3 Å². The molecular formula is C17H23BrN2O4. The number of hydrogen-bond acceptors (Lipinski definition) is 4. The number of aliphatic hydroxyl groups excluding tert-OH is 1. The summed E-state index contributed by atoms with van der Waals surface area (Å²) in [5.74, 6) is 0.602. The van der Waals surface area contributed by atoms with Gasteiger partial charge in [0.2, 0.25) is 11.8 Å². The number of para-hydroxylation sites is 1. The smallest absolute Gasteiger partial charge is 0.223 e. The van der Waals surface area contributed by atoms with Crippen molar-refractivity contribution in [2.45, 2.75) is 31.8 Å². The Bertz CT molecular complexity index is 563. The molecule has 3 N–H and O–H groups in total. The number of ether oxygens (including phenoxy) is 1. The molecule has 1 atom stereocenters. The van der Waals surface area contributed by atoms with Crippen LogP contribution < -0.4 is 15.4 Å². The summed E-state index contributed by atoms with van der Waals surface area (Å²) in [4.78, 5) is 23.3. The van der Waals surface area contributed by atoms with Gasteiger partial charge in [-0.2, -0.15) is 0 Å². The van der Waals surface area contributed by atoms with E-state index in [-0.39, 0.29) is 37.3 Å². The predicted octanol–water partition coefficient (Wildman–Crippen LogP) is 1.61. The first-order valence-electron chi connectivity index (χ1n) is 8.16. The number of carbonyl (C=O) groups excluding carboxylic acids is 2. The number of amides is 2. The Morgan fingerprint density at radius 1 is 1.29 bits per heavy atom. The van der Waals surface area contributed by atoms with Gasteiger partial charge in [-0.25, -0.2) is 0 Å². The lowest BCUT2D eigenvalue weighted by Gasteiger charge is -2.23. The average Bonchev–Trinajstić information content (AvgIpc) is 2.50. The second kappa shape index (κ2) is 9.64. The van der Waals surface area contributed by atoms with Crippen LogP contribution in [0.4, 0.5) is 0 Å². The number of nitrogens with one attached hydrogen (secondary N) is 2. The van der Waals surface area contributed by atoms with Gasteiger partial charge in [0.05, 0.1) is 4.47 Å². The zero-order valence-corrected chi connectivity index (χ0v) is 15.0. The molecule has 132 valence electrons. The van der Waals surface area contributed by atoms with Crippen LogP contribution in [-0.2, 0) is 9.59 Å². The summed E-state index contributed by atoms with van der Waals surface area (Å²) in [7, 11) is 0. The first-order valence-corrected chi connectivity index (χ1v) is 8.95. The second-order valence-corrected chi connectivity index (χ2v) is 6.72. The van der Waals surface area contributed by atoms with E-state index in [2.05, 4.69) is 26.6 Å². The maximum atomic E-state index is 11.7. The zero-order valence-electron chi connectivity index (χ0n) is 13.5. The lowest BCUT2D eigenvalue weighted by atomic mass is 9.85. The third-order valence-corrected chi connectivity index (χ3v) is 4.59. The van der Waals surface area contributed by atoms with Gasteiger partial charge in [-0.05, 0) is 40.9 Å². The number of halogens is 1. The standard InChI is InChI=1S/C17H23BrN2O4/c18-14-6-1-2-7-15(14)24-11-13(21)10-20-16(22)8-9-19-17(23)12-4-3-5-12/h1-2,6-7,12-13,21H,3-5,8-11H2,(H,19,23)(H,20,22). The Labute approximate surface area is 150 Å². The van der Waals surface area contributed by atoms with Gasteiger partial charge < -0.3 is 20.5 Å². The van der Waals surface area contributed by atoms with Crippen LogP contribution in [0.15, 0.2) is 28.7 Å². The summed E-state index contributed by atoms with van der Waals surface area (Å²) in [6, 6.07) is 7.35. The van der Waals surface area contributed by atoms with Crippen LogP contribution in [0.25, 0.3) is 0 Å². The van der Waals surface area contributed by atoms with Crippen LogP contribution in [0.1, 0.15) is 25.7 Å². The third kappa shape index (κ3) is 6.13. The van der Waals surface area contributed by atoms with Gasteiger partial charge in [-0.15, -0.1) is 0 Å². The molecule has 1 aromatic carbocycles. The van der Waals surface area contributed by atoms with Crippen molar-refractivity contribution in [2.24, 2.45) is 5.92 Å². The normalized spacial score (nSPS) is 15.2. The largest absolute Gasteiger partial charge is 0.490 e. The Morgan fingerprint density at radius 3 is 2.71 bits per heavy atom. The SMILES string of the molecule is O=C(CCNC(=O)C1CCC1)NCC(O)COc1ccccc1Br. The summed E-state index contributed by atoms with van der Waals surface area (Å²) < 4.78 is 6.29. The van der Waals surface area contributed by atoms with E-state index in [0.717, 1.165) is 23.7 Å². The molecule has 1 unspecified atom stereocenters. The first-order chi connectivity index (χ1) is 11.6. The molecule has 0 saturated heterocycles. The van der Waals surface area contributed by atoms with E-state index in [9.17, 15) is 14.7 Å². The average molecular weight is 399 g/mol. The van der Waals surface area contributed by atoms with E-state index in [4.69, 9.17) is 4.74 Å². The topological polar surface area (TPSA) is 87.7 Å². The summed E-state index contributed by atoms with van der Waals surface area (Å²) in [6.07, 6.45) is 2.41. The van der Waals surface area contributed by atoms with Gasteiger partial charge in [0.1, 0.15) is 18.5 Å². The van der Waals surface area contributed by atoms with Crippen molar-refractivity contribution in [2.75, 3.05) is 19.7 Å². The van der Waals surface area contributed by atoms with E-state index in [1.54, 1.807) is 6.07 Å².